The maximum absolute atomic E-state index is 13.3. The first kappa shape index (κ1) is 11.5. The molecule has 80 valence electrons. The SMILES string of the molecule is Cc1nn(C)c(Cl)c1CC(F)CCN. The van der Waals surface area contributed by atoms with Crippen LogP contribution in [-0.2, 0) is 13.5 Å². The summed E-state index contributed by atoms with van der Waals surface area (Å²) in [7, 11) is 1.75. The minimum Gasteiger partial charge on any atom is -0.330 e. The van der Waals surface area contributed by atoms with Crippen LogP contribution < -0.4 is 5.73 Å². The Hall–Kier alpha value is -0.610. The van der Waals surface area contributed by atoms with Gasteiger partial charge in [0.2, 0.25) is 0 Å². The summed E-state index contributed by atoms with van der Waals surface area (Å²) in [6.45, 7) is 2.19. The lowest BCUT2D eigenvalue weighted by Gasteiger charge is -2.05. The number of nitrogens with two attached hydrogens (primary N) is 1. The Morgan fingerprint density at radius 1 is 1.64 bits per heavy atom. The first-order chi connectivity index (χ1) is 6.56. The molecular weight excluding hydrogens is 205 g/mol. The van der Waals surface area contributed by atoms with Gasteiger partial charge in [0, 0.05) is 19.0 Å². The molecule has 14 heavy (non-hydrogen) atoms. The second-order valence-electron chi connectivity index (χ2n) is 3.36. The third-order valence-electron chi connectivity index (χ3n) is 2.18. The van der Waals surface area contributed by atoms with Crippen LogP contribution in [0.2, 0.25) is 5.15 Å². The largest absolute Gasteiger partial charge is 0.330 e. The van der Waals surface area contributed by atoms with Crippen molar-refractivity contribution in [3.63, 3.8) is 0 Å². The minimum atomic E-state index is -0.930. The molecule has 0 aliphatic carbocycles. The molecule has 0 radical (unpaired) electrons. The van der Waals surface area contributed by atoms with Crippen molar-refractivity contribution < 1.29 is 4.39 Å². The molecule has 5 heteroatoms. The molecule has 1 aromatic heterocycles. The molecule has 1 unspecified atom stereocenters. The third-order valence-corrected chi connectivity index (χ3v) is 2.65. The van der Waals surface area contributed by atoms with Crippen molar-refractivity contribution in [2.24, 2.45) is 12.8 Å². The molecule has 0 amide bonds. The third kappa shape index (κ3) is 2.45. The molecule has 1 heterocycles. The minimum absolute atomic E-state index is 0.301. The molecule has 0 aliphatic rings. The highest BCUT2D eigenvalue weighted by Gasteiger charge is 2.15. The molecule has 2 N–H and O–H groups in total. The zero-order chi connectivity index (χ0) is 10.7. The highest BCUT2D eigenvalue weighted by molar-refractivity contribution is 6.30. The molecule has 0 bridgehead atoms. The molecular formula is C9H15ClFN3. The maximum atomic E-state index is 13.3. The lowest BCUT2D eigenvalue weighted by atomic mass is 10.1. The summed E-state index contributed by atoms with van der Waals surface area (Å²) in [5, 5.41) is 4.63. The topological polar surface area (TPSA) is 43.8 Å². The van der Waals surface area contributed by atoms with Gasteiger partial charge >= 0.3 is 0 Å². The first-order valence-electron chi connectivity index (χ1n) is 4.58. The van der Waals surface area contributed by atoms with E-state index in [0.717, 1.165) is 11.3 Å². The van der Waals surface area contributed by atoms with Crippen LogP contribution >= 0.6 is 11.6 Å². The number of alkyl halides is 1. The fourth-order valence-corrected chi connectivity index (χ4v) is 1.66. The van der Waals surface area contributed by atoms with Crippen molar-refractivity contribution in [1.29, 1.82) is 0 Å². The van der Waals surface area contributed by atoms with E-state index < -0.39 is 6.17 Å². The van der Waals surface area contributed by atoms with E-state index in [1.807, 2.05) is 6.92 Å². The van der Waals surface area contributed by atoms with Gasteiger partial charge in [-0.05, 0) is 19.9 Å². The van der Waals surface area contributed by atoms with E-state index in [9.17, 15) is 4.39 Å². The van der Waals surface area contributed by atoms with E-state index in [1.54, 1.807) is 11.7 Å². The molecule has 3 nitrogen and oxygen atoms in total. The molecule has 1 aromatic rings. The number of halogens is 2. The average Bonchev–Trinajstić information content (AvgIpc) is 2.33. The summed E-state index contributed by atoms with van der Waals surface area (Å²) in [5.74, 6) is 0. The Bertz CT molecular complexity index is 311. The normalized spacial score (nSPS) is 13.2. The van der Waals surface area contributed by atoms with Crippen LogP contribution in [0.5, 0.6) is 0 Å². The quantitative estimate of drug-likeness (QED) is 0.836. The molecule has 0 saturated heterocycles. The van der Waals surface area contributed by atoms with Gasteiger partial charge in [-0.3, -0.25) is 4.68 Å². The summed E-state index contributed by atoms with van der Waals surface area (Å²) in [6.07, 6.45) is -0.263. The van der Waals surface area contributed by atoms with Gasteiger partial charge < -0.3 is 5.73 Å². The van der Waals surface area contributed by atoms with E-state index in [-0.39, 0.29) is 0 Å². The predicted molar refractivity (Wildman–Crippen MR) is 55.2 cm³/mol. The van der Waals surface area contributed by atoms with Gasteiger partial charge in [0.15, 0.2) is 0 Å². The fourth-order valence-electron chi connectivity index (χ4n) is 1.41. The number of rotatable bonds is 4. The van der Waals surface area contributed by atoms with Gasteiger partial charge in [0.25, 0.3) is 0 Å². The van der Waals surface area contributed by atoms with E-state index in [2.05, 4.69) is 5.10 Å². The van der Waals surface area contributed by atoms with Crippen LogP contribution in [0.25, 0.3) is 0 Å². The summed E-state index contributed by atoms with van der Waals surface area (Å²) >= 11 is 5.96. The highest BCUT2D eigenvalue weighted by atomic mass is 35.5. The summed E-state index contributed by atoms with van der Waals surface area (Å²) < 4.78 is 14.8. The van der Waals surface area contributed by atoms with E-state index in [1.165, 1.54) is 0 Å². The van der Waals surface area contributed by atoms with Crippen molar-refractivity contribution in [1.82, 2.24) is 9.78 Å². The Morgan fingerprint density at radius 2 is 2.29 bits per heavy atom. The second-order valence-corrected chi connectivity index (χ2v) is 3.72. The Labute approximate surface area is 88.0 Å². The van der Waals surface area contributed by atoms with Gasteiger partial charge in [-0.2, -0.15) is 5.10 Å². The summed E-state index contributed by atoms with van der Waals surface area (Å²) in [6, 6.07) is 0. The van der Waals surface area contributed by atoms with Crippen molar-refractivity contribution in [2.75, 3.05) is 6.54 Å². The average molecular weight is 220 g/mol. The molecule has 0 fully saturated rings. The predicted octanol–water partition coefficient (Wildman–Crippen LogP) is 1.61. The van der Waals surface area contributed by atoms with Crippen LogP contribution in [0, 0.1) is 6.92 Å². The lowest BCUT2D eigenvalue weighted by Crippen LogP contribution is -2.12. The molecule has 1 rings (SSSR count). The zero-order valence-electron chi connectivity index (χ0n) is 8.43. The van der Waals surface area contributed by atoms with Crippen LogP contribution in [0.3, 0.4) is 0 Å². The van der Waals surface area contributed by atoms with Crippen LogP contribution in [0.1, 0.15) is 17.7 Å². The fraction of sp³-hybridized carbons (Fsp3) is 0.667. The van der Waals surface area contributed by atoms with Crippen LogP contribution in [-0.4, -0.2) is 22.5 Å². The van der Waals surface area contributed by atoms with Crippen molar-refractivity contribution in [2.45, 2.75) is 25.9 Å². The monoisotopic (exact) mass is 219 g/mol. The Morgan fingerprint density at radius 3 is 2.71 bits per heavy atom. The van der Waals surface area contributed by atoms with Crippen molar-refractivity contribution in [3.05, 3.63) is 16.4 Å². The Balaban J connectivity index is 2.75. The lowest BCUT2D eigenvalue weighted by molar-refractivity contribution is 0.316. The number of aromatic nitrogens is 2. The number of aryl methyl sites for hydroxylation is 2. The standard InChI is InChI=1S/C9H15ClFN3/c1-6-8(5-7(11)3-4-12)9(10)14(2)13-6/h7H,3-5,12H2,1-2H3. The van der Waals surface area contributed by atoms with Crippen molar-refractivity contribution in [3.8, 4) is 0 Å². The van der Waals surface area contributed by atoms with Gasteiger partial charge in [-0.1, -0.05) is 11.6 Å². The van der Waals surface area contributed by atoms with Gasteiger partial charge in [0.05, 0.1) is 5.69 Å². The first-order valence-corrected chi connectivity index (χ1v) is 4.96. The number of hydrogen-bond acceptors (Lipinski definition) is 2. The van der Waals surface area contributed by atoms with Gasteiger partial charge in [-0.15, -0.1) is 0 Å². The van der Waals surface area contributed by atoms with Crippen LogP contribution in [0.15, 0.2) is 0 Å². The number of hydrogen-bond donors (Lipinski definition) is 1. The van der Waals surface area contributed by atoms with Gasteiger partial charge in [0.1, 0.15) is 11.3 Å². The summed E-state index contributed by atoms with van der Waals surface area (Å²) in [4.78, 5) is 0. The molecule has 1 atom stereocenters. The molecule has 0 spiro atoms. The smallest absolute Gasteiger partial charge is 0.130 e. The zero-order valence-corrected chi connectivity index (χ0v) is 9.18. The second kappa shape index (κ2) is 4.75. The highest BCUT2D eigenvalue weighted by Crippen LogP contribution is 2.21. The Kier molecular flexibility index (Phi) is 3.89. The number of nitrogens with zero attached hydrogens (tertiary/aromatic N) is 2. The summed E-state index contributed by atoms with van der Waals surface area (Å²) in [5.41, 5.74) is 6.85. The van der Waals surface area contributed by atoms with Crippen molar-refractivity contribution >= 4 is 11.6 Å². The molecule has 0 saturated carbocycles. The van der Waals surface area contributed by atoms with Crippen LogP contribution in [0.4, 0.5) is 4.39 Å². The molecule has 0 aromatic carbocycles. The maximum Gasteiger partial charge on any atom is 0.130 e. The van der Waals surface area contributed by atoms with E-state index in [0.29, 0.717) is 24.5 Å². The molecule has 0 aliphatic heterocycles. The van der Waals surface area contributed by atoms with E-state index in [4.69, 9.17) is 17.3 Å². The van der Waals surface area contributed by atoms with E-state index >= 15 is 0 Å². The van der Waals surface area contributed by atoms with Gasteiger partial charge in [-0.25, -0.2) is 4.39 Å².